The van der Waals surface area contributed by atoms with Gasteiger partial charge in [-0.3, -0.25) is 0 Å². The molecule has 2 aromatic carbocycles. The third kappa shape index (κ3) is 2.08. The van der Waals surface area contributed by atoms with Gasteiger partial charge in [0.05, 0.1) is 11.0 Å². The lowest BCUT2D eigenvalue weighted by Gasteiger charge is -2.09. The van der Waals surface area contributed by atoms with Gasteiger partial charge in [0.25, 0.3) is 0 Å². The minimum absolute atomic E-state index is 0.869. The summed E-state index contributed by atoms with van der Waals surface area (Å²) >= 11 is 0. The van der Waals surface area contributed by atoms with Crippen molar-refractivity contribution in [1.82, 2.24) is 9.55 Å². The maximum absolute atomic E-state index is 4.62. The van der Waals surface area contributed by atoms with Crippen molar-refractivity contribution in [3.63, 3.8) is 0 Å². The molecule has 0 fully saturated rings. The fourth-order valence-corrected chi connectivity index (χ4v) is 2.33. The van der Waals surface area contributed by atoms with E-state index in [1.165, 1.54) is 11.1 Å². The van der Waals surface area contributed by atoms with E-state index in [0.29, 0.717) is 0 Å². The maximum atomic E-state index is 4.62. The van der Waals surface area contributed by atoms with E-state index >= 15 is 0 Å². The lowest BCUT2D eigenvalue weighted by atomic mass is 10.1. The lowest BCUT2D eigenvalue weighted by Crippen LogP contribution is -2.00. The quantitative estimate of drug-likeness (QED) is 0.747. The van der Waals surface area contributed by atoms with Gasteiger partial charge >= 0.3 is 0 Å². The molecule has 3 rings (SSSR count). The molecule has 0 aliphatic carbocycles. The van der Waals surface area contributed by atoms with Gasteiger partial charge in [-0.1, -0.05) is 29.8 Å². The van der Waals surface area contributed by atoms with Crippen molar-refractivity contribution in [3.8, 4) is 0 Å². The molecule has 0 bridgehead atoms. The van der Waals surface area contributed by atoms with Crippen LogP contribution in [0.15, 0.2) is 42.5 Å². The molecular formula is C16H17N3. The molecule has 0 spiro atoms. The van der Waals surface area contributed by atoms with Crippen molar-refractivity contribution >= 4 is 22.7 Å². The third-order valence-electron chi connectivity index (χ3n) is 3.42. The van der Waals surface area contributed by atoms with Crippen molar-refractivity contribution in [1.29, 1.82) is 0 Å². The molecule has 19 heavy (non-hydrogen) atoms. The van der Waals surface area contributed by atoms with Crippen LogP contribution in [-0.2, 0) is 7.05 Å². The van der Waals surface area contributed by atoms with Crippen LogP contribution in [0.1, 0.15) is 11.1 Å². The average molecular weight is 251 g/mol. The number of anilines is 2. The number of aryl methyl sites for hydroxylation is 3. The van der Waals surface area contributed by atoms with E-state index in [1.54, 1.807) is 0 Å². The van der Waals surface area contributed by atoms with Crippen molar-refractivity contribution in [2.24, 2.45) is 7.05 Å². The second-order valence-corrected chi connectivity index (χ2v) is 4.93. The Kier molecular flexibility index (Phi) is 2.75. The van der Waals surface area contributed by atoms with E-state index in [2.05, 4.69) is 53.0 Å². The van der Waals surface area contributed by atoms with Gasteiger partial charge in [0, 0.05) is 12.7 Å². The monoisotopic (exact) mass is 251 g/mol. The lowest BCUT2D eigenvalue weighted by molar-refractivity contribution is 0.957. The Morgan fingerprint density at radius 1 is 1.05 bits per heavy atom. The molecule has 0 atom stereocenters. The highest BCUT2D eigenvalue weighted by Gasteiger charge is 2.08. The first-order chi connectivity index (χ1) is 9.15. The summed E-state index contributed by atoms with van der Waals surface area (Å²) in [5, 5.41) is 3.41. The van der Waals surface area contributed by atoms with E-state index in [1.807, 2.05) is 25.2 Å². The van der Waals surface area contributed by atoms with Crippen LogP contribution in [-0.4, -0.2) is 9.55 Å². The first-order valence-electron chi connectivity index (χ1n) is 6.41. The number of hydrogen-bond donors (Lipinski definition) is 1. The topological polar surface area (TPSA) is 29.9 Å². The number of para-hydroxylation sites is 2. The summed E-state index contributed by atoms with van der Waals surface area (Å²) in [6.45, 7) is 4.21. The van der Waals surface area contributed by atoms with Crippen LogP contribution in [0, 0.1) is 13.8 Å². The van der Waals surface area contributed by atoms with Gasteiger partial charge < -0.3 is 9.88 Å². The predicted molar refractivity (Wildman–Crippen MR) is 79.9 cm³/mol. The number of imidazole rings is 1. The fourth-order valence-electron chi connectivity index (χ4n) is 2.33. The second-order valence-electron chi connectivity index (χ2n) is 4.93. The highest BCUT2D eigenvalue weighted by molar-refractivity contribution is 5.79. The minimum atomic E-state index is 0.869. The Morgan fingerprint density at radius 2 is 1.84 bits per heavy atom. The highest BCUT2D eigenvalue weighted by Crippen LogP contribution is 2.23. The third-order valence-corrected chi connectivity index (χ3v) is 3.42. The zero-order valence-electron chi connectivity index (χ0n) is 11.4. The second kappa shape index (κ2) is 4.43. The summed E-state index contributed by atoms with van der Waals surface area (Å²) in [6.07, 6.45) is 0. The van der Waals surface area contributed by atoms with Gasteiger partial charge in [0.15, 0.2) is 0 Å². The Morgan fingerprint density at radius 3 is 2.58 bits per heavy atom. The Bertz CT molecular complexity index is 741. The molecule has 3 nitrogen and oxygen atoms in total. The largest absolute Gasteiger partial charge is 0.325 e. The Balaban J connectivity index is 2.03. The van der Waals surface area contributed by atoms with Crippen molar-refractivity contribution in [2.45, 2.75) is 13.8 Å². The first-order valence-corrected chi connectivity index (χ1v) is 6.41. The molecule has 0 radical (unpaired) electrons. The molecule has 0 aliphatic heterocycles. The highest BCUT2D eigenvalue weighted by atomic mass is 15.2. The number of rotatable bonds is 2. The van der Waals surface area contributed by atoms with Crippen LogP contribution in [0.5, 0.6) is 0 Å². The van der Waals surface area contributed by atoms with Crippen LogP contribution in [0.4, 0.5) is 11.6 Å². The molecule has 1 N–H and O–H groups in total. The summed E-state index contributed by atoms with van der Waals surface area (Å²) in [5.41, 5.74) is 5.75. The standard InChI is InChI=1S/C16H17N3/c1-11-8-9-13(12(2)10-11)17-16-18-14-6-4-5-7-15(14)19(16)3/h4-10H,1-3H3,(H,17,18). The van der Waals surface area contributed by atoms with E-state index in [-0.39, 0.29) is 0 Å². The zero-order valence-corrected chi connectivity index (χ0v) is 11.4. The molecule has 0 aliphatic rings. The summed E-state index contributed by atoms with van der Waals surface area (Å²) in [5.74, 6) is 0.869. The van der Waals surface area contributed by atoms with E-state index < -0.39 is 0 Å². The fraction of sp³-hybridized carbons (Fsp3) is 0.188. The zero-order chi connectivity index (χ0) is 13.4. The molecule has 0 amide bonds. The summed E-state index contributed by atoms with van der Waals surface area (Å²) in [7, 11) is 2.03. The van der Waals surface area contributed by atoms with Crippen LogP contribution in [0.3, 0.4) is 0 Å². The van der Waals surface area contributed by atoms with Gasteiger partial charge in [-0.15, -0.1) is 0 Å². The van der Waals surface area contributed by atoms with Crippen LogP contribution >= 0.6 is 0 Å². The van der Waals surface area contributed by atoms with E-state index in [9.17, 15) is 0 Å². The molecule has 3 aromatic rings. The van der Waals surface area contributed by atoms with Crippen molar-refractivity contribution < 1.29 is 0 Å². The SMILES string of the molecule is Cc1ccc(Nc2nc3ccccc3n2C)c(C)c1. The van der Waals surface area contributed by atoms with Crippen LogP contribution in [0.25, 0.3) is 11.0 Å². The number of aromatic nitrogens is 2. The van der Waals surface area contributed by atoms with Crippen LogP contribution in [0.2, 0.25) is 0 Å². The van der Waals surface area contributed by atoms with E-state index in [4.69, 9.17) is 0 Å². The number of hydrogen-bond acceptors (Lipinski definition) is 2. The first kappa shape index (κ1) is 11.8. The Labute approximate surface area is 112 Å². The molecule has 0 unspecified atom stereocenters. The summed E-state index contributed by atoms with van der Waals surface area (Å²) in [6, 6.07) is 14.5. The van der Waals surface area contributed by atoms with Gasteiger partial charge in [-0.2, -0.15) is 0 Å². The number of nitrogens with zero attached hydrogens (tertiary/aromatic N) is 2. The van der Waals surface area contributed by atoms with Crippen molar-refractivity contribution in [2.75, 3.05) is 5.32 Å². The van der Waals surface area contributed by atoms with Crippen LogP contribution < -0.4 is 5.32 Å². The Hall–Kier alpha value is -2.29. The summed E-state index contributed by atoms with van der Waals surface area (Å²) in [4.78, 5) is 4.62. The number of nitrogens with one attached hydrogen (secondary N) is 1. The molecule has 3 heteroatoms. The normalized spacial score (nSPS) is 10.9. The molecule has 0 saturated carbocycles. The summed E-state index contributed by atoms with van der Waals surface area (Å²) < 4.78 is 2.08. The predicted octanol–water partition coefficient (Wildman–Crippen LogP) is 3.93. The number of benzene rings is 2. The van der Waals surface area contributed by atoms with Gasteiger partial charge in [-0.25, -0.2) is 4.98 Å². The van der Waals surface area contributed by atoms with Gasteiger partial charge in [0.2, 0.25) is 5.95 Å². The molecular weight excluding hydrogens is 234 g/mol. The molecule has 0 saturated heterocycles. The van der Waals surface area contributed by atoms with Gasteiger partial charge in [-0.05, 0) is 37.6 Å². The van der Waals surface area contributed by atoms with Gasteiger partial charge in [0.1, 0.15) is 0 Å². The minimum Gasteiger partial charge on any atom is -0.325 e. The maximum Gasteiger partial charge on any atom is 0.208 e. The smallest absolute Gasteiger partial charge is 0.208 e. The molecule has 1 heterocycles. The molecule has 96 valence electrons. The molecule has 1 aromatic heterocycles. The average Bonchev–Trinajstić information content (AvgIpc) is 2.70. The van der Waals surface area contributed by atoms with E-state index in [0.717, 1.165) is 22.7 Å². The number of fused-ring (bicyclic) bond motifs is 1. The van der Waals surface area contributed by atoms with Crippen molar-refractivity contribution in [3.05, 3.63) is 53.6 Å².